The summed E-state index contributed by atoms with van der Waals surface area (Å²) >= 11 is 11.7. The van der Waals surface area contributed by atoms with Crippen molar-refractivity contribution in [2.75, 3.05) is 5.32 Å². The molecule has 3 saturated carbocycles. The number of aryl methyl sites for hydroxylation is 7. The lowest BCUT2D eigenvalue weighted by Crippen LogP contribution is -2.23. The van der Waals surface area contributed by atoms with Crippen LogP contribution in [0.25, 0.3) is 11.0 Å². The van der Waals surface area contributed by atoms with Gasteiger partial charge in [0, 0.05) is 17.6 Å². The molecule has 8 aromatic rings. The highest BCUT2D eigenvalue weighted by Crippen LogP contribution is 2.33. The molecule has 0 saturated heterocycles. The first-order chi connectivity index (χ1) is 43.0. The van der Waals surface area contributed by atoms with Crippen molar-refractivity contribution < 1.29 is 56.0 Å². The van der Waals surface area contributed by atoms with E-state index in [1.807, 2.05) is 123 Å². The topological polar surface area (TPSA) is 243 Å². The van der Waals surface area contributed by atoms with E-state index >= 15 is 0 Å². The van der Waals surface area contributed by atoms with Crippen molar-refractivity contribution in [1.29, 1.82) is 10.5 Å². The predicted molar refractivity (Wildman–Crippen MR) is 391 cm³/mol. The third kappa shape index (κ3) is 24.2. The number of oxime groups is 1. The number of rotatable bonds is 7. The number of halogens is 12. The molecule has 1 aromatic heterocycles. The van der Waals surface area contributed by atoms with Gasteiger partial charge >= 0.3 is 5.97 Å². The number of aldehydes is 1. The van der Waals surface area contributed by atoms with Gasteiger partial charge in [-0.3, -0.25) is 20.5 Å². The average Bonchev–Trinajstić information content (AvgIpc) is 1.74. The van der Waals surface area contributed by atoms with Crippen LogP contribution < -0.4 is 16.5 Å². The maximum Gasteiger partial charge on any atom is 0.338 e. The molecule has 14 nitrogen and oxygen atoms in total. The van der Waals surface area contributed by atoms with Crippen LogP contribution in [-0.4, -0.2) is 63.1 Å². The molecule has 26 heteroatoms. The molecular weight excluding hydrogens is 1860 g/mol. The summed E-state index contributed by atoms with van der Waals surface area (Å²) in [6.45, 7) is 12.9. The number of amidine groups is 1. The Morgan fingerprint density at radius 2 is 1.05 bits per heavy atom. The van der Waals surface area contributed by atoms with Crippen molar-refractivity contribution in [2.45, 2.75) is 105 Å². The first-order valence-corrected chi connectivity index (χ1v) is 33.7. The van der Waals surface area contributed by atoms with Gasteiger partial charge in [-0.2, -0.15) is 10.5 Å². The summed E-state index contributed by atoms with van der Waals surface area (Å²) in [5.41, 5.74) is 15.1. The molecule has 0 radical (unpaired) electrons. The number of carboxylic acid groups (broad SMARTS) is 1. The average molecular weight is 1920 g/mol. The van der Waals surface area contributed by atoms with E-state index in [0.29, 0.717) is 47.3 Å². The van der Waals surface area contributed by atoms with Crippen molar-refractivity contribution >= 4 is 177 Å². The molecule has 0 aliphatic heterocycles. The van der Waals surface area contributed by atoms with Crippen LogP contribution in [0.2, 0.25) is 0 Å². The fourth-order valence-electron chi connectivity index (χ4n) is 6.89. The number of anilines is 1. The number of nitriles is 2. The molecule has 0 bridgehead atoms. The highest BCUT2D eigenvalue weighted by Gasteiger charge is 2.25. The number of aliphatic imine (C=N–C) groups is 1. The molecule has 0 amide bonds. The van der Waals surface area contributed by atoms with Gasteiger partial charge in [0.05, 0.1) is 66.9 Å². The summed E-state index contributed by atoms with van der Waals surface area (Å²) in [6, 6.07) is 29.8. The van der Waals surface area contributed by atoms with Crippen LogP contribution in [0.4, 0.5) is 32.2 Å². The maximum absolute atomic E-state index is 13.9. The van der Waals surface area contributed by atoms with Gasteiger partial charge in [0.15, 0.2) is 35.2 Å². The number of hydroxylamine groups is 1. The largest absolute Gasteiger partial charge is 0.478 e. The van der Waals surface area contributed by atoms with Gasteiger partial charge in [0.25, 0.3) is 0 Å². The lowest BCUT2D eigenvalue weighted by atomic mass is 10.1. The van der Waals surface area contributed by atoms with E-state index in [0.717, 1.165) is 72.8 Å². The molecular formula is C65H60F6I6N8O6. The number of fused-ring (bicyclic) bond motifs is 1. The molecule has 7 N–H and O–H groups in total. The summed E-state index contributed by atoms with van der Waals surface area (Å²) < 4.78 is 88.0. The van der Waals surface area contributed by atoms with Crippen molar-refractivity contribution in [2.24, 2.45) is 15.9 Å². The Morgan fingerprint density at radius 3 is 1.52 bits per heavy atom. The highest BCUT2D eigenvalue weighted by atomic mass is 127. The smallest absolute Gasteiger partial charge is 0.338 e. The molecule has 0 unspecified atom stereocenters. The minimum absolute atomic E-state index is 0.102. The lowest BCUT2D eigenvalue weighted by Gasteiger charge is -2.09. The quantitative estimate of drug-likeness (QED) is 0.0166. The van der Waals surface area contributed by atoms with Gasteiger partial charge in [0.2, 0.25) is 0 Å². The SMILES string of the molecule is Cc1ccc(/C=N/O)c(F)c1I.Cc1ccc(C#N)c(F)c1.Cc1ccc(C#N)c(F)c1I.Cc1ccc(C(=NC2CC2)NO)c(F)c1I.Cc1ccc(C(=O)O)c(F)c1I.Cc1ccc(C=O)c(F)c1I.Cc1ccc2c(NC3CC3)noc2c1I.NC1CC1. The minimum Gasteiger partial charge on any atom is -0.478 e. The Hall–Kier alpha value is -5.25. The minimum atomic E-state index is -1.23. The van der Waals surface area contributed by atoms with Gasteiger partial charge in [-0.25, -0.2) is 31.1 Å². The third-order valence-corrected chi connectivity index (χ3v) is 20.9. The van der Waals surface area contributed by atoms with E-state index in [2.05, 4.69) is 62.3 Å². The number of nitrogens with two attached hydrogens (primary N) is 1. The number of hydrogen-bond donors (Lipinski definition) is 6. The second kappa shape index (κ2) is 38.2. The molecule has 1 heterocycles. The summed E-state index contributed by atoms with van der Waals surface area (Å²) in [5.74, 6) is -2.71. The van der Waals surface area contributed by atoms with E-state index in [-0.39, 0.29) is 45.8 Å². The highest BCUT2D eigenvalue weighted by molar-refractivity contribution is 14.1. The van der Waals surface area contributed by atoms with Crippen LogP contribution in [0, 0.1) is 127 Å². The van der Waals surface area contributed by atoms with Gasteiger partial charge in [-0.15, -0.1) is 0 Å². The fraction of sp³-hybridized carbons (Fsp3) is 0.246. The Morgan fingerprint density at radius 1 is 0.615 bits per heavy atom. The van der Waals surface area contributed by atoms with Crippen LogP contribution in [-0.2, 0) is 0 Å². The molecule has 0 atom stereocenters. The number of carboxylic acids is 1. The molecule has 3 fully saturated rings. The fourth-order valence-corrected chi connectivity index (χ4v) is 9.86. The van der Waals surface area contributed by atoms with Gasteiger partial charge in [-0.1, -0.05) is 58.8 Å². The number of hydrogen-bond acceptors (Lipinski definition) is 12. The summed E-state index contributed by atoms with van der Waals surface area (Å²) in [7, 11) is 0. The van der Waals surface area contributed by atoms with Crippen molar-refractivity contribution in [3.05, 3.63) is 220 Å². The van der Waals surface area contributed by atoms with E-state index in [4.69, 9.17) is 36.3 Å². The summed E-state index contributed by atoms with van der Waals surface area (Å²) in [5, 5.41) is 53.8. The number of nitrogens with one attached hydrogen (secondary N) is 2. The van der Waals surface area contributed by atoms with Gasteiger partial charge in [-0.05, 0) is 304 Å². The zero-order chi connectivity index (χ0) is 68.0. The molecule has 3 aliphatic rings. The van der Waals surface area contributed by atoms with Gasteiger partial charge < -0.3 is 25.9 Å². The first kappa shape index (κ1) is 78.2. The number of benzene rings is 7. The predicted octanol–water partition coefficient (Wildman–Crippen LogP) is 18.2. The van der Waals surface area contributed by atoms with E-state index in [1.54, 1.807) is 98.0 Å². The normalized spacial score (nSPS) is 12.7. The second-order valence-electron chi connectivity index (χ2n) is 20.4. The molecule has 3 aliphatic carbocycles. The van der Waals surface area contributed by atoms with Crippen LogP contribution in [0.15, 0.2) is 106 Å². The molecule has 480 valence electrons. The molecule has 11 rings (SSSR count). The van der Waals surface area contributed by atoms with E-state index < -0.39 is 29.2 Å². The van der Waals surface area contributed by atoms with Crippen molar-refractivity contribution in [3.63, 3.8) is 0 Å². The monoisotopic (exact) mass is 1920 g/mol. The van der Waals surface area contributed by atoms with Crippen LogP contribution in [0.1, 0.15) is 120 Å². The van der Waals surface area contributed by atoms with Crippen LogP contribution in [0.3, 0.4) is 0 Å². The van der Waals surface area contributed by atoms with Crippen molar-refractivity contribution in [1.82, 2.24) is 10.6 Å². The number of carbonyl (C=O) groups excluding carboxylic acids is 1. The Labute approximate surface area is 605 Å². The number of nitrogens with zero attached hydrogens (tertiary/aromatic N) is 5. The third-order valence-electron chi connectivity index (χ3n) is 12.9. The van der Waals surface area contributed by atoms with Crippen LogP contribution in [0.5, 0.6) is 0 Å². The lowest BCUT2D eigenvalue weighted by molar-refractivity contribution is 0.0691. The second-order valence-corrected chi connectivity index (χ2v) is 26.9. The Kier molecular flexibility index (Phi) is 32.8. The van der Waals surface area contributed by atoms with E-state index in [1.165, 1.54) is 61.6 Å². The first-order valence-electron chi connectivity index (χ1n) is 27.3. The van der Waals surface area contributed by atoms with Crippen molar-refractivity contribution in [3.8, 4) is 12.1 Å². The Bertz CT molecular complexity index is 4040. The number of aromatic nitrogens is 1. The maximum atomic E-state index is 13.9. The molecule has 91 heavy (non-hydrogen) atoms. The number of aromatic carboxylic acids is 1. The zero-order valence-electron chi connectivity index (χ0n) is 49.7. The van der Waals surface area contributed by atoms with E-state index in [9.17, 15) is 35.9 Å². The zero-order valence-corrected chi connectivity index (χ0v) is 62.7. The van der Waals surface area contributed by atoms with Gasteiger partial charge in [0.1, 0.15) is 35.4 Å². The van der Waals surface area contributed by atoms with Crippen LogP contribution >= 0.6 is 136 Å². The standard InChI is InChI=1S/C11H12FIN2O.C11H11IN2O.C8H7FINO.C8H5FIN.C8H6FIO2.C8H6FIO.C8H6FN.C3H7N/c1-6-2-5-8(9(12)10(6)13)11(15-16)14-7-3-4-7;1-6-2-5-8-10(9(6)12)15-14-11(8)13-7-3-4-7;1-5-2-3-6(4-11-12)7(9)8(5)10;1-5-2-3-6(4-11)7(9)8(5)10;1-4-2-3-5(8(11)12)6(9)7(4)10;1-5-2-3-6(4-11)7(9)8(5)10;1-6-2-3-7(5-10)8(9)4-6;4-3-1-2-3/h2,5,7,16H,3-4H2,1H3,(H,14,15);2,5,7H,3-4H2,1H3,(H,13,14);2-4,12H,1H3;2-3H,1H3;2-3H,1H3,(H,11,12);2-4H,1H3;2-4H,1H3;3H,1-2,4H2/b;;11-4+;;;;;. The summed E-state index contributed by atoms with van der Waals surface area (Å²) in [6.07, 6.45) is 8.65. The number of carbonyl (C=O) groups is 2. The summed E-state index contributed by atoms with van der Waals surface area (Å²) in [4.78, 5) is 24.9. The Balaban J connectivity index is 0.000000225. The molecule has 0 spiro atoms. The molecule has 7 aromatic carbocycles.